The Morgan fingerprint density at radius 1 is 1.48 bits per heavy atom. The van der Waals surface area contributed by atoms with Crippen molar-refractivity contribution in [3.8, 4) is 0 Å². The quantitative estimate of drug-likeness (QED) is 0.710. The first-order valence-electron chi connectivity index (χ1n) is 6.00. The fraction of sp³-hybridized carbons (Fsp3) is 0.417. The van der Waals surface area contributed by atoms with Gasteiger partial charge in [0, 0.05) is 35.4 Å². The molecule has 1 aliphatic heterocycles. The number of carbonyl (C=O) groups excluding carboxylic acids is 1. The number of carbonyl (C=O) groups is 1. The van der Waals surface area contributed by atoms with Crippen molar-refractivity contribution in [1.82, 2.24) is 4.90 Å². The van der Waals surface area contributed by atoms with E-state index in [2.05, 4.69) is 15.9 Å². The molecule has 0 bridgehead atoms. The second kappa shape index (κ2) is 6.42. The normalized spacial score (nSPS) is 19.0. The van der Waals surface area contributed by atoms with Gasteiger partial charge in [0.2, 0.25) is 0 Å². The highest BCUT2D eigenvalue weighted by Gasteiger charge is 2.29. The Hall–Kier alpha value is -0.340. The van der Waals surface area contributed by atoms with Crippen LogP contribution in [0.3, 0.4) is 0 Å². The first-order valence-corrected chi connectivity index (χ1v) is 9.48. The zero-order valence-corrected chi connectivity index (χ0v) is 14.9. The number of amides is 1. The van der Waals surface area contributed by atoms with Gasteiger partial charge in [0.25, 0.3) is 15.0 Å². The molecular formula is C12H12BrCl2NO4S. The molecule has 0 radical (unpaired) electrons. The molecule has 21 heavy (non-hydrogen) atoms. The summed E-state index contributed by atoms with van der Waals surface area (Å²) >= 11 is 9.13. The zero-order chi connectivity index (χ0) is 15.8. The summed E-state index contributed by atoms with van der Waals surface area (Å²) in [5.41, 5.74) is 0.107. The van der Waals surface area contributed by atoms with E-state index in [0.29, 0.717) is 13.1 Å². The van der Waals surface area contributed by atoms with Gasteiger partial charge in [0.15, 0.2) is 0 Å². The van der Waals surface area contributed by atoms with Gasteiger partial charge in [0.05, 0.1) is 21.6 Å². The first kappa shape index (κ1) is 17.0. The topological polar surface area (TPSA) is 63.7 Å². The van der Waals surface area contributed by atoms with Crippen LogP contribution in [-0.4, -0.2) is 45.5 Å². The molecule has 0 aliphatic carbocycles. The number of halogens is 3. The van der Waals surface area contributed by atoms with Gasteiger partial charge in [-0.3, -0.25) is 4.79 Å². The van der Waals surface area contributed by atoms with Gasteiger partial charge in [0.1, 0.15) is 0 Å². The number of methoxy groups -OCH3 is 1. The highest BCUT2D eigenvalue weighted by atomic mass is 79.9. The van der Waals surface area contributed by atoms with Gasteiger partial charge in [-0.15, -0.1) is 0 Å². The first-order chi connectivity index (χ1) is 9.74. The average Bonchev–Trinajstić information content (AvgIpc) is 2.85. The maximum atomic E-state index is 12.5. The summed E-state index contributed by atoms with van der Waals surface area (Å²) < 4.78 is 28.4. The average molecular weight is 417 g/mol. The van der Waals surface area contributed by atoms with Crippen LogP contribution in [0.1, 0.15) is 16.8 Å². The largest absolute Gasteiger partial charge is 0.380 e. The molecule has 0 spiro atoms. The Bertz CT molecular complexity index is 680. The third-order valence-electron chi connectivity index (χ3n) is 3.28. The minimum atomic E-state index is -3.97. The maximum Gasteiger partial charge on any atom is 0.262 e. The Balaban J connectivity index is 2.38. The van der Waals surface area contributed by atoms with Crippen LogP contribution in [0.5, 0.6) is 0 Å². The van der Waals surface area contributed by atoms with Gasteiger partial charge >= 0.3 is 0 Å². The third-order valence-corrected chi connectivity index (χ3v) is 5.87. The van der Waals surface area contributed by atoms with E-state index >= 15 is 0 Å². The minimum absolute atomic E-state index is 0.0144. The monoisotopic (exact) mass is 415 g/mol. The highest BCUT2D eigenvalue weighted by molar-refractivity contribution is 9.10. The number of rotatable bonds is 3. The number of ether oxygens (including phenoxy) is 1. The number of hydrogen-bond acceptors (Lipinski definition) is 4. The van der Waals surface area contributed by atoms with Gasteiger partial charge in [-0.05, 0) is 34.5 Å². The van der Waals surface area contributed by atoms with Crippen LogP contribution in [-0.2, 0) is 13.8 Å². The molecule has 9 heteroatoms. The molecule has 1 aliphatic rings. The molecule has 1 unspecified atom stereocenters. The van der Waals surface area contributed by atoms with Gasteiger partial charge in [-0.1, -0.05) is 11.6 Å². The van der Waals surface area contributed by atoms with Gasteiger partial charge in [-0.2, -0.15) is 0 Å². The molecule has 1 heterocycles. The van der Waals surface area contributed by atoms with Crippen LogP contribution in [0.2, 0.25) is 5.02 Å². The predicted molar refractivity (Wildman–Crippen MR) is 83.5 cm³/mol. The molecule has 5 nitrogen and oxygen atoms in total. The van der Waals surface area contributed by atoms with E-state index in [0.717, 1.165) is 6.42 Å². The van der Waals surface area contributed by atoms with Crippen molar-refractivity contribution < 1.29 is 17.9 Å². The number of hydrogen-bond donors (Lipinski definition) is 0. The Labute approximate surface area is 140 Å². The van der Waals surface area contributed by atoms with Crippen LogP contribution in [0.4, 0.5) is 0 Å². The van der Waals surface area contributed by atoms with Crippen molar-refractivity contribution in [1.29, 1.82) is 0 Å². The molecular weight excluding hydrogens is 405 g/mol. The summed E-state index contributed by atoms with van der Waals surface area (Å²) in [6.07, 6.45) is 0.719. The summed E-state index contributed by atoms with van der Waals surface area (Å²) in [5.74, 6) is -0.339. The van der Waals surface area contributed by atoms with Crippen molar-refractivity contribution in [3.05, 3.63) is 27.2 Å². The van der Waals surface area contributed by atoms with Crippen molar-refractivity contribution in [2.75, 3.05) is 20.2 Å². The Kier molecular flexibility index (Phi) is 5.20. The lowest BCUT2D eigenvalue weighted by Crippen LogP contribution is -2.30. The summed E-state index contributed by atoms with van der Waals surface area (Å²) in [4.78, 5) is 13.8. The lowest BCUT2D eigenvalue weighted by Gasteiger charge is -2.17. The number of benzene rings is 1. The van der Waals surface area contributed by atoms with Crippen LogP contribution in [0.25, 0.3) is 0 Å². The molecule has 116 valence electrons. The zero-order valence-electron chi connectivity index (χ0n) is 11.0. The minimum Gasteiger partial charge on any atom is -0.380 e. The fourth-order valence-electron chi connectivity index (χ4n) is 2.16. The van der Waals surface area contributed by atoms with Gasteiger partial charge < -0.3 is 9.64 Å². The van der Waals surface area contributed by atoms with Crippen molar-refractivity contribution in [2.45, 2.75) is 17.4 Å². The van der Waals surface area contributed by atoms with Crippen molar-refractivity contribution in [3.63, 3.8) is 0 Å². The van der Waals surface area contributed by atoms with Crippen molar-refractivity contribution in [2.24, 2.45) is 0 Å². The molecule has 1 aromatic carbocycles. The van der Waals surface area contributed by atoms with E-state index in [1.165, 1.54) is 12.1 Å². The molecule has 1 atom stereocenters. The van der Waals surface area contributed by atoms with E-state index in [9.17, 15) is 13.2 Å². The SMILES string of the molecule is COC1CCN(C(=O)c2cc(S(=O)(=O)Cl)c(Br)cc2Cl)C1. The number of nitrogens with zero attached hydrogens (tertiary/aromatic N) is 1. The van der Waals surface area contributed by atoms with Crippen LogP contribution in [0, 0.1) is 0 Å². The van der Waals surface area contributed by atoms with E-state index in [1.807, 2.05) is 0 Å². The molecule has 0 saturated carbocycles. The molecule has 0 aromatic heterocycles. The Morgan fingerprint density at radius 2 is 2.14 bits per heavy atom. The molecule has 1 saturated heterocycles. The molecule has 0 N–H and O–H groups in total. The second-order valence-corrected chi connectivity index (χ2v) is 8.39. The van der Waals surface area contributed by atoms with E-state index in [1.54, 1.807) is 12.0 Å². The van der Waals surface area contributed by atoms with Crippen LogP contribution < -0.4 is 0 Å². The molecule has 2 rings (SSSR count). The lowest BCUT2D eigenvalue weighted by atomic mass is 10.2. The van der Waals surface area contributed by atoms with E-state index in [-0.39, 0.29) is 32.0 Å². The van der Waals surface area contributed by atoms with Crippen molar-refractivity contribution >= 4 is 53.2 Å². The van der Waals surface area contributed by atoms with E-state index in [4.69, 9.17) is 27.0 Å². The fourth-order valence-corrected chi connectivity index (χ4v) is 4.73. The molecule has 1 aromatic rings. The summed E-state index contributed by atoms with van der Waals surface area (Å²) in [5, 5.41) is 0.164. The smallest absolute Gasteiger partial charge is 0.262 e. The second-order valence-electron chi connectivity index (χ2n) is 4.60. The molecule has 1 fully saturated rings. The van der Waals surface area contributed by atoms with Crippen LogP contribution >= 0.6 is 38.2 Å². The van der Waals surface area contributed by atoms with Gasteiger partial charge in [-0.25, -0.2) is 8.42 Å². The standard InChI is InChI=1S/C12H12BrCl2NO4S/c1-20-7-2-3-16(6-7)12(17)8-4-11(21(15,18)19)9(13)5-10(8)14/h4-5,7H,2-3,6H2,1H3. The summed E-state index contributed by atoms with van der Waals surface area (Å²) in [6, 6.07) is 2.55. The lowest BCUT2D eigenvalue weighted by molar-refractivity contribution is 0.0724. The van der Waals surface area contributed by atoms with E-state index < -0.39 is 9.05 Å². The molecule has 1 amide bonds. The number of likely N-dealkylation sites (tertiary alicyclic amines) is 1. The third kappa shape index (κ3) is 3.71. The van der Waals surface area contributed by atoms with Crippen LogP contribution in [0.15, 0.2) is 21.5 Å². The summed E-state index contributed by atoms with van der Waals surface area (Å²) in [7, 11) is 2.97. The Morgan fingerprint density at radius 3 is 2.67 bits per heavy atom. The summed E-state index contributed by atoms with van der Waals surface area (Å²) in [6.45, 7) is 0.984. The maximum absolute atomic E-state index is 12.5. The predicted octanol–water partition coefficient (Wildman–Crippen LogP) is 2.89. The highest BCUT2D eigenvalue weighted by Crippen LogP contribution is 2.32.